The second-order valence-corrected chi connectivity index (χ2v) is 4.94. The van der Waals surface area contributed by atoms with Crippen LogP contribution in [0.3, 0.4) is 0 Å². The molecule has 0 amide bonds. The molecule has 2 rings (SSSR count). The molecule has 20 heavy (non-hydrogen) atoms. The summed E-state index contributed by atoms with van der Waals surface area (Å²) < 4.78 is 11.6. The number of rotatable bonds is 5. The van der Waals surface area contributed by atoms with Gasteiger partial charge < -0.3 is 14.6 Å². The molecule has 0 fully saturated rings. The van der Waals surface area contributed by atoms with Gasteiger partial charge in [0.1, 0.15) is 18.1 Å². The van der Waals surface area contributed by atoms with Crippen LogP contribution in [0.15, 0.2) is 46.9 Å². The van der Waals surface area contributed by atoms with E-state index in [-0.39, 0.29) is 5.56 Å². The average Bonchev–Trinajstić information content (AvgIpc) is 2.45. The zero-order chi connectivity index (χ0) is 14.5. The number of methoxy groups -OCH3 is 1. The molecule has 104 valence electrons. The van der Waals surface area contributed by atoms with Gasteiger partial charge in [0.05, 0.1) is 17.1 Å². The zero-order valence-corrected chi connectivity index (χ0v) is 12.4. The second-order valence-electron chi connectivity index (χ2n) is 4.09. The number of benzene rings is 2. The van der Waals surface area contributed by atoms with Crippen LogP contribution in [0.5, 0.6) is 11.5 Å². The largest absolute Gasteiger partial charge is 0.496 e. The van der Waals surface area contributed by atoms with Crippen molar-refractivity contribution < 1.29 is 19.4 Å². The number of hydrogen-bond donors (Lipinski definition) is 1. The van der Waals surface area contributed by atoms with E-state index in [9.17, 15) is 4.79 Å². The number of halogens is 1. The molecule has 5 heteroatoms. The first-order valence-electron chi connectivity index (χ1n) is 5.88. The van der Waals surface area contributed by atoms with Crippen LogP contribution in [0.1, 0.15) is 15.9 Å². The number of ether oxygens (including phenoxy) is 2. The van der Waals surface area contributed by atoms with Gasteiger partial charge in [0.2, 0.25) is 0 Å². The average molecular weight is 337 g/mol. The third-order valence-corrected chi connectivity index (χ3v) is 3.32. The van der Waals surface area contributed by atoms with Crippen LogP contribution >= 0.6 is 15.9 Å². The van der Waals surface area contributed by atoms with Crippen LogP contribution in [-0.4, -0.2) is 18.2 Å². The Hall–Kier alpha value is -2.01. The van der Waals surface area contributed by atoms with Gasteiger partial charge in [0.25, 0.3) is 0 Å². The lowest BCUT2D eigenvalue weighted by Crippen LogP contribution is -1.99. The summed E-state index contributed by atoms with van der Waals surface area (Å²) in [6, 6.07) is 12.1. The normalized spacial score (nSPS) is 10.1. The van der Waals surface area contributed by atoms with Crippen LogP contribution in [0, 0.1) is 0 Å². The van der Waals surface area contributed by atoms with Crippen molar-refractivity contribution in [1.82, 2.24) is 0 Å². The van der Waals surface area contributed by atoms with Crippen LogP contribution in [0.4, 0.5) is 0 Å². The van der Waals surface area contributed by atoms with E-state index in [1.807, 2.05) is 18.2 Å². The Morgan fingerprint density at radius 1 is 1.25 bits per heavy atom. The highest BCUT2D eigenvalue weighted by Gasteiger charge is 2.05. The van der Waals surface area contributed by atoms with Crippen molar-refractivity contribution in [3.8, 4) is 11.5 Å². The minimum Gasteiger partial charge on any atom is -0.496 e. The molecule has 0 aliphatic heterocycles. The van der Waals surface area contributed by atoms with E-state index in [1.54, 1.807) is 19.2 Å². The number of carbonyl (C=O) groups is 1. The molecular formula is C15H13BrO4. The van der Waals surface area contributed by atoms with Crippen molar-refractivity contribution in [2.45, 2.75) is 6.61 Å². The molecule has 0 unspecified atom stereocenters. The van der Waals surface area contributed by atoms with E-state index >= 15 is 0 Å². The summed E-state index contributed by atoms with van der Waals surface area (Å²) in [6.07, 6.45) is 0. The van der Waals surface area contributed by atoms with Crippen LogP contribution in [0.25, 0.3) is 0 Å². The maximum Gasteiger partial charge on any atom is 0.335 e. The van der Waals surface area contributed by atoms with Crippen LogP contribution in [-0.2, 0) is 6.61 Å². The molecule has 0 aliphatic carbocycles. The van der Waals surface area contributed by atoms with Crippen molar-refractivity contribution >= 4 is 21.9 Å². The summed E-state index contributed by atoms with van der Waals surface area (Å²) in [5, 5.41) is 8.91. The maximum absolute atomic E-state index is 10.9. The van der Waals surface area contributed by atoms with E-state index in [0.717, 1.165) is 15.8 Å². The van der Waals surface area contributed by atoms with E-state index in [0.29, 0.717) is 12.4 Å². The van der Waals surface area contributed by atoms with Gasteiger partial charge in [-0.15, -0.1) is 0 Å². The summed E-state index contributed by atoms with van der Waals surface area (Å²) >= 11 is 3.41. The fraction of sp³-hybridized carbons (Fsp3) is 0.133. The van der Waals surface area contributed by atoms with Gasteiger partial charge in [-0.25, -0.2) is 4.79 Å². The van der Waals surface area contributed by atoms with E-state index < -0.39 is 5.97 Å². The van der Waals surface area contributed by atoms with Crippen molar-refractivity contribution in [2.75, 3.05) is 7.11 Å². The third-order valence-electron chi connectivity index (χ3n) is 2.70. The highest BCUT2D eigenvalue weighted by molar-refractivity contribution is 9.10. The smallest absolute Gasteiger partial charge is 0.335 e. The Kier molecular flexibility index (Phi) is 4.63. The molecule has 0 radical (unpaired) electrons. The maximum atomic E-state index is 10.9. The molecule has 0 saturated heterocycles. The van der Waals surface area contributed by atoms with Crippen molar-refractivity contribution in [3.05, 3.63) is 58.1 Å². The molecule has 0 heterocycles. The first-order valence-corrected chi connectivity index (χ1v) is 6.68. The minimum atomic E-state index is -0.970. The lowest BCUT2D eigenvalue weighted by molar-refractivity contribution is 0.0696. The van der Waals surface area contributed by atoms with E-state index in [1.165, 1.54) is 12.1 Å². The monoisotopic (exact) mass is 336 g/mol. The fourth-order valence-electron chi connectivity index (χ4n) is 1.69. The molecule has 2 aromatic rings. The van der Waals surface area contributed by atoms with Gasteiger partial charge in [-0.05, 0) is 51.8 Å². The Bertz CT molecular complexity index is 625. The predicted octanol–water partition coefficient (Wildman–Crippen LogP) is 3.73. The Morgan fingerprint density at radius 2 is 2.05 bits per heavy atom. The SMILES string of the molecule is COc1ccc(COc2cccc(C(=O)O)c2)cc1Br. The molecule has 1 N–H and O–H groups in total. The fourth-order valence-corrected chi connectivity index (χ4v) is 2.27. The van der Waals surface area contributed by atoms with Gasteiger partial charge in [-0.3, -0.25) is 0 Å². The van der Waals surface area contributed by atoms with E-state index in [2.05, 4.69) is 15.9 Å². The van der Waals surface area contributed by atoms with Gasteiger partial charge in [-0.2, -0.15) is 0 Å². The van der Waals surface area contributed by atoms with Gasteiger partial charge in [0.15, 0.2) is 0 Å². The molecule has 0 aliphatic rings. The Balaban J connectivity index is 2.07. The highest BCUT2D eigenvalue weighted by atomic mass is 79.9. The highest BCUT2D eigenvalue weighted by Crippen LogP contribution is 2.26. The van der Waals surface area contributed by atoms with Gasteiger partial charge in [-0.1, -0.05) is 12.1 Å². The number of carboxylic acids is 1. The van der Waals surface area contributed by atoms with Gasteiger partial charge >= 0.3 is 5.97 Å². The minimum absolute atomic E-state index is 0.207. The summed E-state index contributed by atoms with van der Waals surface area (Å²) in [5.74, 6) is 0.307. The molecule has 0 saturated carbocycles. The summed E-state index contributed by atoms with van der Waals surface area (Å²) in [4.78, 5) is 10.9. The standard InChI is InChI=1S/C15H13BrO4/c1-19-14-6-5-10(7-13(14)16)9-20-12-4-2-3-11(8-12)15(17)18/h2-8H,9H2,1H3,(H,17,18). The zero-order valence-electron chi connectivity index (χ0n) is 10.8. The summed E-state index contributed by atoms with van der Waals surface area (Å²) in [7, 11) is 1.60. The first-order chi connectivity index (χ1) is 9.60. The molecular weight excluding hydrogens is 324 g/mol. The van der Waals surface area contributed by atoms with Crippen molar-refractivity contribution in [3.63, 3.8) is 0 Å². The van der Waals surface area contributed by atoms with Crippen molar-refractivity contribution in [2.24, 2.45) is 0 Å². The van der Waals surface area contributed by atoms with Crippen molar-refractivity contribution in [1.29, 1.82) is 0 Å². The third kappa shape index (κ3) is 3.51. The molecule has 0 bridgehead atoms. The molecule has 2 aromatic carbocycles. The summed E-state index contributed by atoms with van der Waals surface area (Å²) in [6.45, 7) is 0.353. The second kappa shape index (κ2) is 6.43. The lowest BCUT2D eigenvalue weighted by atomic mass is 10.2. The van der Waals surface area contributed by atoms with Crippen LogP contribution in [0.2, 0.25) is 0 Å². The first kappa shape index (κ1) is 14.4. The number of aromatic carboxylic acids is 1. The molecule has 4 nitrogen and oxygen atoms in total. The van der Waals surface area contributed by atoms with Crippen LogP contribution < -0.4 is 9.47 Å². The van der Waals surface area contributed by atoms with Gasteiger partial charge in [0, 0.05) is 0 Å². The van der Waals surface area contributed by atoms with E-state index in [4.69, 9.17) is 14.6 Å². The number of carboxylic acid groups (broad SMARTS) is 1. The predicted molar refractivity (Wildman–Crippen MR) is 78.4 cm³/mol. The number of hydrogen-bond acceptors (Lipinski definition) is 3. The molecule has 0 aromatic heterocycles. The quantitative estimate of drug-likeness (QED) is 0.903. The molecule has 0 spiro atoms. The Labute approximate surface area is 125 Å². The molecule has 0 atom stereocenters. The topological polar surface area (TPSA) is 55.8 Å². The lowest BCUT2D eigenvalue weighted by Gasteiger charge is -2.09. The summed E-state index contributed by atoms with van der Waals surface area (Å²) in [5.41, 5.74) is 1.16. The Morgan fingerprint density at radius 3 is 2.70 bits per heavy atom.